The summed E-state index contributed by atoms with van der Waals surface area (Å²) in [4.78, 5) is 29.1. The lowest BCUT2D eigenvalue weighted by Gasteiger charge is -2.46. The van der Waals surface area contributed by atoms with Crippen LogP contribution in [0, 0.1) is 17.0 Å². The van der Waals surface area contributed by atoms with Crippen molar-refractivity contribution in [3.05, 3.63) is 154 Å². The molecule has 1 aliphatic rings. The highest BCUT2D eigenvalue weighted by Crippen LogP contribution is 2.43. The number of non-ortho nitro benzene ring substituents is 1. The second-order valence-corrected chi connectivity index (χ2v) is 12.8. The van der Waals surface area contributed by atoms with Gasteiger partial charge in [-0.05, 0) is 91.7 Å². The molecule has 1 N–H and O–H groups in total. The van der Waals surface area contributed by atoms with Gasteiger partial charge in [-0.3, -0.25) is 24.5 Å². The van der Waals surface area contributed by atoms with Crippen LogP contribution in [0.3, 0.4) is 0 Å². The molecule has 0 fully saturated rings. The van der Waals surface area contributed by atoms with Crippen molar-refractivity contribution >= 4 is 38.7 Å². The molecule has 238 valence electrons. The van der Waals surface area contributed by atoms with Gasteiger partial charge in [0.15, 0.2) is 0 Å². The van der Waals surface area contributed by atoms with E-state index in [2.05, 4.69) is 4.72 Å². The van der Waals surface area contributed by atoms with Crippen molar-refractivity contribution in [1.29, 1.82) is 0 Å². The predicted octanol–water partition coefficient (Wildman–Crippen LogP) is 7.47. The molecule has 0 saturated heterocycles. The van der Waals surface area contributed by atoms with E-state index >= 15 is 0 Å². The summed E-state index contributed by atoms with van der Waals surface area (Å²) in [5.74, 6) is 0.210. The van der Waals surface area contributed by atoms with Crippen molar-refractivity contribution in [1.82, 2.24) is 0 Å². The molecule has 1 aliphatic heterocycles. The molecule has 10 nitrogen and oxygen atoms in total. The molecular formula is C36H32N4O6S. The Balaban J connectivity index is 1.48. The first-order valence-electron chi connectivity index (χ1n) is 15.0. The minimum atomic E-state index is -4.08. The van der Waals surface area contributed by atoms with Gasteiger partial charge in [-0.1, -0.05) is 48.0 Å². The molecule has 0 radical (unpaired) electrons. The van der Waals surface area contributed by atoms with E-state index in [-0.39, 0.29) is 16.1 Å². The van der Waals surface area contributed by atoms with Gasteiger partial charge < -0.3 is 9.64 Å². The van der Waals surface area contributed by atoms with E-state index in [0.717, 1.165) is 11.1 Å². The number of amides is 1. The number of nitro benzene ring substituents is 1. The summed E-state index contributed by atoms with van der Waals surface area (Å²) in [6.45, 7) is 4.66. The number of nitrogens with zero attached hydrogens (tertiary/aromatic N) is 3. The zero-order chi connectivity index (χ0) is 33.1. The first-order valence-corrected chi connectivity index (χ1v) is 16.5. The zero-order valence-corrected chi connectivity index (χ0v) is 26.6. The van der Waals surface area contributed by atoms with Crippen LogP contribution in [0.15, 0.2) is 126 Å². The van der Waals surface area contributed by atoms with Crippen LogP contribution in [-0.4, -0.2) is 25.9 Å². The first-order chi connectivity index (χ1) is 22.6. The average Bonchev–Trinajstić information content (AvgIpc) is 3.07. The number of hydrogen-bond acceptors (Lipinski definition) is 7. The number of nitrogens with one attached hydrogen (secondary N) is 1. The number of anilines is 3. The molecule has 47 heavy (non-hydrogen) atoms. The highest BCUT2D eigenvalue weighted by atomic mass is 32.2. The quantitative estimate of drug-likeness (QED) is 0.123. The summed E-state index contributed by atoms with van der Waals surface area (Å²) in [6, 6.07) is 34.4. The molecule has 0 bridgehead atoms. The maximum Gasteiger partial charge on any atom is 0.269 e. The van der Waals surface area contributed by atoms with Crippen molar-refractivity contribution < 1.29 is 22.9 Å². The zero-order valence-electron chi connectivity index (χ0n) is 25.7. The van der Waals surface area contributed by atoms with Gasteiger partial charge in [-0.2, -0.15) is 0 Å². The van der Waals surface area contributed by atoms with Crippen molar-refractivity contribution in [2.24, 2.45) is 0 Å². The Bertz CT molecular complexity index is 2020. The third-order valence-electron chi connectivity index (χ3n) is 7.90. The van der Waals surface area contributed by atoms with Crippen molar-refractivity contribution in [3.8, 4) is 5.75 Å². The largest absolute Gasteiger partial charge is 0.494 e. The topological polar surface area (TPSA) is 122 Å². The minimum absolute atomic E-state index is 0.0670. The van der Waals surface area contributed by atoms with Crippen LogP contribution < -0.4 is 19.3 Å². The molecule has 0 unspecified atom stereocenters. The second-order valence-electron chi connectivity index (χ2n) is 11.1. The van der Waals surface area contributed by atoms with Gasteiger partial charge in [0, 0.05) is 30.1 Å². The van der Waals surface area contributed by atoms with Crippen LogP contribution in [0.1, 0.15) is 40.1 Å². The summed E-state index contributed by atoms with van der Waals surface area (Å²) < 4.78 is 35.3. The fraction of sp³-hybridized carbons (Fsp3) is 0.139. The SMILES string of the molecule is CCOc1ccc(NS(=O)(=O)c2ccc3c(c2)C(=O)N(c2ccc(C)cc2)[C@@H](c2ccc([N+](=O)[O-])cc2)N3Cc2ccccc2)cc1. The lowest BCUT2D eigenvalue weighted by atomic mass is 9.98. The smallest absolute Gasteiger partial charge is 0.269 e. The number of carbonyl (C=O) groups excluding carboxylic acids is 1. The van der Waals surface area contributed by atoms with E-state index < -0.39 is 27.0 Å². The standard InChI is InChI=1S/C36H32N4O6S/c1-3-46-31-19-13-28(14-20-31)37-47(44,45)32-21-22-34-33(23-32)36(41)39(29-15-9-25(2)10-16-29)35(27-11-17-30(18-12-27)40(42)43)38(34)24-26-7-5-4-6-8-26/h4-23,35,37H,3,24H2,1-2H3/t35-/m0/s1. The van der Waals surface area contributed by atoms with Gasteiger partial charge in [0.1, 0.15) is 11.9 Å². The average molecular weight is 649 g/mol. The molecule has 1 atom stereocenters. The maximum atomic E-state index is 14.6. The Morgan fingerprint density at radius 2 is 1.55 bits per heavy atom. The molecule has 0 spiro atoms. The van der Waals surface area contributed by atoms with Crippen LogP contribution in [0.2, 0.25) is 0 Å². The lowest BCUT2D eigenvalue weighted by molar-refractivity contribution is -0.384. The van der Waals surface area contributed by atoms with Gasteiger partial charge in [-0.25, -0.2) is 8.42 Å². The molecular weight excluding hydrogens is 616 g/mol. The number of hydrogen-bond donors (Lipinski definition) is 1. The molecule has 6 rings (SSSR count). The Kier molecular flexibility index (Phi) is 8.64. The normalized spacial score (nSPS) is 14.4. The van der Waals surface area contributed by atoms with Crippen LogP contribution in [0.25, 0.3) is 0 Å². The van der Waals surface area contributed by atoms with Crippen LogP contribution >= 0.6 is 0 Å². The highest BCUT2D eigenvalue weighted by molar-refractivity contribution is 7.92. The van der Waals surface area contributed by atoms with E-state index in [1.807, 2.05) is 73.3 Å². The number of benzene rings is 5. The van der Waals surface area contributed by atoms with Gasteiger partial charge in [0.05, 0.1) is 27.7 Å². The van der Waals surface area contributed by atoms with Gasteiger partial charge in [-0.15, -0.1) is 0 Å². The molecule has 0 aliphatic carbocycles. The van der Waals surface area contributed by atoms with Gasteiger partial charge in [0.25, 0.3) is 21.6 Å². The summed E-state index contributed by atoms with van der Waals surface area (Å²) in [7, 11) is -4.08. The summed E-state index contributed by atoms with van der Waals surface area (Å²) in [5.41, 5.74) is 4.22. The van der Waals surface area contributed by atoms with E-state index in [4.69, 9.17) is 4.74 Å². The third kappa shape index (κ3) is 6.52. The number of fused-ring (bicyclic) bond motifs is 1. The number of aryl methyl sites for hydroxylation is 1. The molecule has 5 aromatic rings. The van der Waals surface area contributed by atoms with Crippen LogP contribution in [0.5, 0.6) is 5.75 Å². The monoisotopic (exact) mass is 648 g/mol. The summed E-state index contributed by atoms with van der Waals surface area (Å²) >= 11 is 0. The molecule has 1 heterocycles. The van der Waals surface area contributed by atoms with E-state index in [0.29, 0.717) is 41.5 Å². The molecule has 1 amide bonds. The fourth-order valence-electron chi connectivity index (χ4n) is 5.63. The minimum Gasteiger partial charge on any atom is -0.494 e. The molecule has 0 saturated carbocycles. The summed E-state index contributed by atoms with van der Waals surface area (Å²) in [6.07, 6.45) is -0.705. The highest BCUT2D eigenvalue weighted by Gasteiger charge is 2.40. The second kappa shape index (κ2) is 13.0. The molecule has 0 aromatic heterocycles. The number of nitro groups is 1. The number of carbonyl (C=O) groups is 1. The third-order valence-corrected chi connectivity index (χ3v) is 9.28. The molecule has 5 aromatic carbocycles. The predicted molar refractivity (Wildman–Crippen MR) is 181 cm³/mol. The lowest BCUT2D eigenvalue weighted by Crippen LogP contribution is -2.49. The van der Waals surface area contributed by atoms with Crippen LogP contribution in [-0.2, 0) is 16.6 Å². The Labute approximate surface area is 273 Å². The van der Waals surface area contributed by atoms with E-state index in [1.54, 1.807) is 47.4 Å². The Morgan fingerprint density at radius 3 is 2.19 bits per heavy atom. The van der Waals surface area contributed by atoms with Crippen molar-refractivity contribution in [3.63, 3.8) is 0 Å². The van der Waals surface area contributed by atoms with Gasteiger partial charge >= 0.3 is 0 Å². The fourth-order valence-corrected chi connectivity index (χ4v) is 6.71. The Hall–Kier alpha value is -5.68. The van der Waals surface area contributed by atoms with Crippen molar-refractivity contribution in [2.45, 2.75) is 31.5 Å². The number of rotatable bonds is 10. The number of sulfonamides is 1. The van der Waals surface area contributed by atoms with Gasteiger partial charge in [0.2, 0.25) is 0 Å². The maximum absolute atomic E-state index is 14.6. The van der Waals surface area contributed by atoms with E-state index in [1.165, 1.54) is 24.3 Å². The molecule has 11 heteroatoms. The van der Waals surface area contributed by atoms with Crippen molar-refractivity contribution in [2.75, 3.05) is 21.1 Å². The van der Waals surface area contributed by atoms with E-state index in [9.17, 15) is 23.3 Å². The Morgan fingerprint density at radius 1 is 0.872 bits per heavy atom. The first kappa shape index (κ1) is 31.3. The summed E-state index contributed by atoms with van der Waals surface area (Å²) in [5, 5.41) is 11.5. The number of ether oxygens (including phenoxy) is 1. The van der Waals surface area contributed by atoms with Crippen LogP contribution in [0.4, 0.5) is 22.7 Å².